The van der Waals surface area contributed by atoms with Crippen molar-refractivity contribution in [2.45, 2.75) is 77.5 Å². The third-order valence-corrected chi connectivity index (χ3v) is 10.8. The molecule has 2 aromatic carbocycles. The number of imidazole rings is 2. The van der Waals surface area contributed by atoms with Gasteiger partial charge >= 0.3 is 0 Å². The molecule has 5 heterocycles. The van der Waals surface area contributed by atoms with E-state index in [0.29, 0.717) is 18.9 Å². The smallest absolute Gasteiger partial charge is 0.245 e. The fraction of sp³-hybridized carbons (Fsp3) is 0.415. The third kappa shape index (κ3) is 7.38. The van der Waals surface area contributed by atoms with Crippen LogP contribution in [0.4, 0.5) is 0 Å². The molecule has 2 aliphatic heterocycles. The Labute approximate surface area is 311 Å². The number of rotatable bonds is 12. The fourth-order valence-corrected chi connectivity index (χ4v) is 7.72. The molecule has 2 saturated heterocycles. The highest BCUT2D eigenvalue weighted by Crippen LogP contribution is 2.36. The second-order valence-electron chi connectivity index (χ2n) is 14.4. The summed E-state index contributed by atoms with van der Waals surface area (Å²) in [5, 5.41) is 0. The molecule has 12 heteroatoms. The number of aromatic amines is 2. The van der Waals surface area contributed by atoms with Gasteiger partial charge in [-0.1, -0.05) is 82.3 Å². The Morgan fingerprint density at radius 3 is 1.81 bits per heavy atom. The van der Waals surface area contributed by atoms with E-state index in [0.717, 1.165) is 84.1 Å². The number of likely N-dealkylation sites (N-methyl/N-ethyl adjacent to an activating group) is 1. The van der Waals surface area contributed by atoms with Crippen LogP contribution in [0.5, 0.6) is 0 Å². The molecule has 5 aromatic rings. The minimum absolute atomic E-state index is 0.0253. The van der Waals surface area contributed by atoms with E-state index in [-0.39, 0.29) is 35.9 Å². The summed E-state index contributed by atoms with van der Waals surface area (Å²) in [5.74, 6) is 2.36. The van der Waals surface area contributed by atoms with Crippen LogP contribution in [0, 0.1) is 5.92 Å². The maximum Gasteiger partial charge on any atom is 0.245 e. The molecule has 2 amide bonds. The molecule has 2 fully saturated rings. The van der Waals surface area contributed by atoms with Gasteiger partial charge in [-0.25, -0.2) is 19.9 Å². The highest BCUT2D eigenvalue weighted by molar-refractivity contribution is 5.84. The summed E-state index contributed by atoms with van der Waals surface area (Å²) in [6.07, 6.45) is 10.8. The van der Waals surface area contributed by atoms with Crippen LogP contribution in [0.25, 0.3) is 33.9 Å². The summed E-state index contributed by atoms with van der Waals surface area (Å²) in [6, 6.07) is 17.1. The number of amides is 2. The van der Waals surface area contributed by atoms with Crippen molar-refractivity contribution in [3.8, 4) is 33.9 Å². The van der Waals surface area contributed by atoms with Gasteiger partial charge in [-0.3, -0.25) is 14.5 Å². The summed E-state index contributed by atoms with van der Waals surface area (Å²) < 4.78 is 0. The number of likely N-dealkylation sites (tertiary alicyclic amines) is 2. The van der Waals surface area contributed by atoms with Gasteiger partial charge in [-0.05, 0) is 55.8 Å². The van der Waals surface area contributed by atoms with E-state index in [4.69, 9.17) is 10.7 Å². The summed E-state index contributed by atoms with van der Waals surface area (Å²) in [7, 11) is 0. The van der Waals surface area contributed by atoms with E-state index in [1.165, 1.54) is 0 Å². The number of nitrogens with one attached hydrogen (secondary N) is 2. The lowest BCUT2D eigenvalue weighted by Crippen LogP contribution is -2.46. The van der Waals surface area contributed by atoms with E-state index in [9.17, 15) is 9.59 Å². The zero-order valence-corrected chi connectivity index (χ0v) is 31.1. The second kappa shape index (κ2) is 15.8. The number of hydrogen-bond acceptors (Lipinski definition) is 8. The Balaban J connectivity index is 1.02. The molecular weight excluding hydrogens is 665 g/mol. The molecule has 0 aliphatic carbocycles. The molecule has 276 valence electrons. The SMILES string of the molecule is CCN(CC)[C@@H](C(=O)N1CCC[C@H]1c1ncc(-c2ccc(-c3ncc(-c4cnc([C@@H]5CCCN5C(=O)[C@@H](N)C(C)C)[nH]4)cn3)cc2)[nH]1)c1ccccc1. The number of carbonyl (C=O) groups excluding carboxylic acids is 2. The van der Waals surface area contributed by atoms with Gasteiger partial charge in [-0.2, -0.15) is 0 Å². The van der Waals surface area contributed by atoms with Crippen molar-refractivity contribution in [2.75, 3.05) is 26.2 Å². The average molecular weight is 715 g/mol. The Bertz CT molecular complexity index is 1980. The minimum atomic E-state index is -0.520. The molecule has 12 nitrogen and oxygen atoms in total. The highest BCUT2D eigenvalue weighted by atomic mass is 16.2. The number of benzene rings is 2. The minimum Gasteiger partial charge on any atom is -0.340 e. The van der Waals surface area contributed by atoms with Gasteiger partial charge in [0.1, 0.15) is 17.7 Å². The Morgan fingerprint density at radius 1 is 0.736 bits per heavy atom. The van der Waals surface area contributed by atoms with Crippen molar-refractivity contribution in [3.63, 3.8) is 0 Å². The van der Waals surface area contributed by atoms with Crippen LogP contribution in [0.2, 0.25) is 0 Å². The standard InChI is InChI=1S/C41H50N10O2/c1-5-49(6-2)36(28-12-8-7-9-13-28)41(53)51-21-11-15-34(51)39-45-24-31(47-39)27-16-18-29(19-17-27)37-43-22-30(23-44-37)32-25-46-38(48-32)33-14-10-20-50(33)40(52)35(42)26(3)4/h7-9,12-13,16-19,22-26,33-36H,5-6,10-11,14-15,20-21,42H2,1-4H3,(H,45,47)(H,46,48)/t33-,34-,35-,36+/m0/s1. The van der Waals surface area contributed by atoms with Gasteiger partial charge < -0.3 is 25.5 Å². The first-order valence-electron chi connectivity index (χ1n) is 19.0. The van der Waals surface area contributed by atoms with Gasteiger partial charge in [0, 0.05) is 36.6 Å². The van der Waals surface area contributed by atoms with E-state index >= 15 is 0 Å². The van der Waals surface area contributed by atoms with Crippen molar-refractivity contribution >= 4 is 11.8 Å². The monoisotopic (exact) mass is 714 g/mol. The van der Waals surface area contributed by atoms with E-state index in [1.54, 1.807) is 18.6 Å². The van der Waals surface area contributed by atoms with Crippen molar-refractivity contribution in [1.29, 1.82) is 0 Å². The molecule has 0 saturated carbocycles. The summed E-state index contributed by atoms with van der Waals surface area (Å²) in [4.78, 5) is 59.0. The Kier molecular flexibility index (Phi) is 10.8. The van der Waals surface area contributed by atoms with Crippen LogP contribution in [-0.2, 0) is 9.59 Å². The molecule has 2 aliphatic rings. The predicted octanol–water partition coefficient (Wildman–Crippen LogP) is 6.32. The normalized spacial score (nSPS) is 18.6. The lowest BCUT2D eigenvalue weighted by atomic mass is 10.0. The summed E-state index contributed by atoms with van der Waals surface area (Å²) >= 11 is 0. The highest BCUT2D eigenvalue weighted by Gasteiger charge is 2.38. The van der Waals surface area contributed by atoms with Crippen LogP contribution in [0.1, 0.15) is 88.7 Å². The van der Waals surface area contributed by atoms with Crippen molar-refractivity contribution in [1.82, 2.24) is 44.6 Å². The number of carbonyl (C=O) groups is 2. The molecule has 3 aromatic heterocycles. The molecule has 4 atom stereocenters. The van der Waals surface area contributed by atoms with Crippen LogP contribution < -0.4 is 5.73 Å². The zero-order chi connectivity index (χ0) is 37.1. The lowest BCUT2D eigenvalue weighted by Gasteiger charge is -2.34. The second-order valence-corrected chi connectivity index (χ2v) is 14.4. The van der Waals surface area contributed by atoms with E-state index in [2.05, 4.69) is 55.8 Å². The summed E-state index contributed by atoms with van der Waals surface area (Å²) in [6.45, 7) is 11.1. The van der Waals surface area contributed by atoms with Crippen molar-refractivity contribution < 1.29 is 9.59 Å². The van der Waals surface area contributed by atoms with Gasteiger partial charge in [0.15, 0.2) is 5.82 Å². The molecular formula is C41H50N10O2. The Hall–Kier alpha value is -5.20. The molecule has 0 unspecified atom stereocenters. The Morgan fingerprint density at radius 2 is 1.26 bits per heavy atom. The van der Waals surface area contributed by atoms with Gasteiger partial charge in [0.2, 0.25) is 11.8 Å². The fourth-order valence-electron chi connectivity index (χ4n) is 7.72. The van der Waals surface area contributed by atoms with E-state index in [1.807, 2.05) is 72.3 Å². The maximum absolute atomic E-state index is 14.2. The predicted molar refractivity (Wildman–Crippen MR) is 205 cm³/mol. The first-order valence-corrected chi connectivity index (χ1v) is 19.0. The lowest BCUT2D eigenvalue weighted by molar-refractivity contribution is -0.138. The largest absolute Gasteiger partial charge is 0.340 e. The molecule has 53 heavy (non-hydrogen) atoms. The first-order chi connectivity index (χ1) is 25.8. The van der Waals surface area contributed by atoms with E-state index < -0.39 is 6.04 Å². The van der Waals surface area contributed by atoms with Crippen LogP contribution in [-0.4, -0.2) is 88.6 Å². The van der Waals surface area contributed by atoms with Crippen molar-refractivity contribution in [2.24, 2.45) is 11.7 Å². The number of aromatic nitrogens is 6. The topological polar surface area (TPSA) is 153 Å². The maximum atomic E-state index is 14.2. The van der Waals surface area contributed by atoms with Crippen LogP contribution in [0.3, 0.4) is 0 Å². The quantitative estimate of drug-likeness (QED) is 0.136. The number of hydrogen-bond donors (Lipinski definition) is 3. The number of nitrogens with zero attached hydrogens (tertiary/aromatic N) is 7. The summed E-state index contributed by atoms with van der Waals surface area (Å²) in [5.41, 5.74) is 11.6. The van der Waals surface area contributed by atoms with Gasteiger partial charge in [0.25, 0.3) is 0 Å². The average Bonchev–Trinajstić information content (AvgIpc) is 4.03. The number of H-pyrrole nitrogens is 2. The molecule has 0 spiro atoms. The molecule has 7 rings (SSSR count). The number of nitrogens with two attached hydrogens (primary N) is 1. The first kappa shape index (κ1) is 36.2. The van der Waals surface area contributed by atoms with Crippen LogP contribution in [0.15, 0.2) is 79.4 Å². The van der Waals surface area contributed by atoms with Crippen LogP contribution >= 0.6 is 0 Å². The molecule has 0 bridgehead atoms. The van der Waals surface area contributed by atoms with Gasteiger partial charge in [0.05, 0.1) is 41.9 Å². The molecule has 4 N–H and O–H groups in total. The van der Waals surface area contributed by atoms with Crippen molar-refractivity contribution in [3.05, 3.63) is 96.6 Å². The zero-order valence-electron chi connectivity index (χ0n) is 31.1. The van der Waals surface area contributed by atoms with Gasteiger partial charge in [-0.15, -0.1) is 0 Å². The third-order valence-electron chi connectivity index (χ3n) is 10.8. The molecule has 0 radical (unpaired) electrons.